The minimum atomic E-state index is -4.49. The number of nitrogens with one attached hydrogen (secondary N) is 3. The summed E-state index contributed by atoms with van der Waals surface area (Å²) in [5.41, 5.74) is -1.36. The van der Waals surface area contributed by atoms with Crippen LogP contribution in [0.15, 0.2) is 35.3 Å². The van der Waals surface area contributed by atoms with Crippen molar-refractivity contribution < 1.29 is 18.0 Å². The fourth-order valence-corrected chi connectivity index (χ4v) is 2.42. The van der Waals surface area contributed by atoms with Crippen molar-refractivity contribution in [3.8, 4) is 0 Å². The van der Waals surface area contributed by atoms with Crippen molar-refractivity contribution in [3.05, 3.63) is 63.6 Å². The summed E-state index contributed by atoms with van der Waals surface area (Å²) in [7, 11) is 0. The molecule has 0 fully saturated rings. The number of carbonyl (C=O) groups excluding carboxylic acids is 1. The van der Waals surface area contributed by atoms with Crippen LogP contribution >= 0.6 is 0 Å². The first-order chi connectivity index (χ1) is 12.7. The van der Waals surface area contributed by atoms with Gasteiger partial charge in [-0.15, -0.1) is 5.10 Å². The molecule has 3 aromatic rings. The summed E-state index contributed by atoms with van der Waals surface area (Å²) in [6.07, 6.45) is -3.25. The maximum atomic E-state index is 13.0. The predicted molar refractivity (Wildman–Crippen MR) is 85.7 cm³/mol. The molecule has 1 aromatic carbocycles. The topological polar surface area (TPSA) is 121 Å². The average molecular weight is 381 g/mol. The molecule has 27 heavy (non-hydrogen) atoms. The van der Waals surface area contributed by atoms with Crippen molar-refractivity contribution in [2.24, 2.45) is 0 Å². The quantitative estimate of drug-likeness (QED) is 0.614. The molecule has 3 N–H and O–H groups in total. The minimum absolute atomic E-state index is 0.00400. The number of aromatic amines is 2. The highest BCUT2D eigenvalue weighted by atomic mass is 19.4. The molecule has 142 valence electrons. The molecule has 2 aromatic heterocycles. The lowest BCUT2D eigenvalue weighted by molar-refractivity contribution is -0.138. The Hall–Kier alpha value is -3.44. The summed E-state index contributed by atoms with van der Waals surface area (Å²) in [6, 6.07) is 4.48. The Morgan fingerprint density at radius 3 is 2.74 bits per heavy atom. The van der Waals surface area contributed by atoms with E-state index in [1.54, 1.807) is 6.92 Å². The SMILES string of the molecule is C[C@@H](NC(=O)c1cn(Cc2ccccc2C(F)(F)F)nn1)c1n[nH]c(=O)[nH]1. The molecule has 0 unspecified atom stereocenters. The first-order valence-corrected chi connectivity index (χ1v) is 7.74. The summed E-state index contributed by atoms with van der Waals surface area (Å²) < 4.78 is 40.3. The van der Waals surface area contributed by atoms with Crippen LogP contribution in [0.2, 0.25) is 0 Å². The van der Waals surface area contributed by atoms with Crippen LogP contribution in [0.1, 0.15) is 40.4 Å². The van der Waals surface area contributed by atoms with Crippen LogP contribution in [0, 0.1) is 0 Å². The lowest BCUT2D eigenvalue weighted by atomic mass is 10.1. The maximum absolute atomic E-state index is 13.0. The average Bonchev–Trinajstić information content (AvgIpc) is 3.23. The molecule has 0 bridgehead atoms. The second-order valence-corrected chi connectivity index (χ2v) is 5.71. The zero-order valence-electron chi connectivity index (χ0n) is 13.9. The maximum Gasteiger partial charge on any atom is 0.416 e. The molecular formula is C15H14F3N7O2. The number of halogens is 3. The fourth-order valence-electron chi connectivity index (χ4n) is 2.42. The van der Waals surface area contributed by atoms with E-state index in [9.17, 15) is 22.8 Å². The number of alkyl halides is 3. The van der Waals surface area contributed by atoms with Gasteiger partial charge in [-0.3, -0.25) is 9.78 Å². The highest BCUT2D eigenvalue weighted by molar-refractivity contribution is 5.92. The molecule has 3 rings (SSSR count). The molecular weight excluding hydrogens is 367 g/mol. The summed E-state index contributed by atoms with van der Waals surface area (Å²) >= 11 is 0. The number of benzene rings is 1. The number of carbonyl (C=O) groups is 1. The van der Waals surface area contributed by atoms with E-state index >= 15 is 0 Å². The van der Waals surface area contributed by atoms with Gasteiger partial charge in [0, 0.05) is 0 Å². The number of aromatic nitrogens is 6. The van der Waals surface area contributed by atoms with Crippen LogP contribution < -0.4 is 11.0 Å². The fraction of sp³-hybridized carbons (Fsp3) is 0.267. The summed E-state index contributed by atoms with van der Waals surface area (Å²) in [6.45, 7) is 1.40. The van der Waals surface area contributed by atoms with E-state index < -0.39 is 29.4 Å². The first kappa shape index (κ1) is 18.4. The minimum Gasteiger partial charge on any atom is -0.341 e. The number of rotatable bonds is 5. The van der Waals surface area contributed by atoms with Crippen molar-refractivity contribution >= 4 is 5.91 Å². The Bertz CT molecular complexity index is 1010. The van der Waals surface area contributed by atoms with Crippen molar-refractivity contribution in [1.29, 1.82) is 0 Å². The molecule has 12 heteroatoms. The molecule has 1 atom stereocenters. The Labute approximate surface area is 149 Å². The van der Waals surface area contributed by atoms with Crippen LogP contribution in [0.4, 0.5) is 13.2 Å². The third-order valence-corrected chi connectivity index (χ3v) is 3.70. The predicted octanol–water partition coefficient (Wildman–Crippen LogP) is 1.25. The third-order valence-electron chi connectivity index (χ3n) is 3.70. The van der Waals surface area contributed by atoms with E-state index in [1.165, 1.54) is 24.4 Å². The van der Waals surface area contributed by atoms with Crippen LogP contribution in [0.3, 0.4) is 0 Å². The van der Waals surface area contributed by atoms with Crippen molar-refractivity contribution in [2.45, 2.75) is 25.7 Å². The molecule has 9 nitrogen and oxygen atoms in total. The molecule has 0 saturated carbocycles. The molecule has 0 radical (unpaired) electrons. The smallest absolute Gasteiger partial charge is 0.341 e. The number of H-pyrrole nitrogens is 2. The standard InChI is InChI=1S/C15H14F3N7O2/c1-8(12-20-14(27)23-22-12)19-13(26)11-7-25(24-21-11)6-9-4-2-3-5-10(9)15(16,17)18/h2-5,7-8H,6H2,1H3,(H,19,26)(H2,20,22,23,27)/t8-/m1/s1. The van der Waals surface area contributed by atoms with Gasteiger partial charge in [0.25, 0.3) is 5.91 Å². The summed E-state index contributed by atoms with van der Waals surface area (Å²) in [5.74, 6) is -0.387. The van der Waals surface area contributed by atoms with E-state index in [2.05, 4.69) is 30.8 Å². The Kier molecular flexibility index (Phi) is 4.79. The summed E-state index contributed by atoms with van der Waals surface area (Å²) in [5, 5.41) is 15.8. The van der Waals surface area contributed by atoms with Gasteiger partial charge in [0.2, 0.25) is 0 Å². The third kappa shape index (κ3) is 4.22. The van der Waals surface area contributed by atoms with Gasteiger partial charge in [0.05, 0.1) is 24.3 Å². The highest BCUT2D eigenvalue weighted by Gasteiger charge is 2.33. The Morgan fingerprint density at radius 2 is 2.07 bits per heavy atom. The second kappa shape index (κ2) is 7.05. The van der Waals surface area contributed by atoms with Gasteiger partial charge in [0.1, 0.15) is 0 Å². The monoisotopic (exact) mass is 381 g/mol. The summed E-state index contributed by atoms with van der Waals surface area (Å²) in [4.78, 5) is 25.6. The number of hydrogen-bond donors (Lipinski definition) is 3. The van der Waals surface area contributed by atoms with Gasteiger partial charge < -0.3 is 5.32 Å². The van der Waals surface area contributed by atoms with Crippen molar-refractivity contribution in [3.63, 3.8) is 0 Å². The molecule has 0 aliphatic carbocycles. The zero-order chi connectivity index (χ0) is 19.6. The lowest BCUT2D eigenvalue weighted by Crippen LogP contribution is -2.28. The Balaban J connectivity index is 1.72. The van der Waals surface area contributed by atoms with Crippen molar-refractivity contribution in [2.75, 3.05) is 0 Å². The number of nitrogens with zero attached hydrogens (tertiary/aromatic N) is 4. The van der Waals surface area contributed by atoms with Gasteiger partial charge in [-0.2, -0.15) is 18.3 Å². The van der Waals surface area contributed by atoms with Crippen molar-refractivity contribution in [1.82, 2.24) is 35.5 Å². The largest absolute Gasteiger partial charge is 0.416 e. The molecule has 0 aliphatic heterocycles. The van der Waals surface area contributed by atoms with Gasteiger partial charge in [-0.05, 0) is 18.6 Å². The molecule has 0 aliphatic rings. The van der Waals surface area contributed by atoms with Crippen LogP contribution in [-0.2, 0) is 12.7 Å². The highest BCUT2D eigenvalue weighted by Crippen LogP contribution is 2.32. The second-order valence-electron chi connectivity index (χ2n) is 5.71. The van der Waals surface area contributed by atoms with Crippen LogP contribution in [0.25, 0.3) is 0 Å². The van der Waals surface area contributed by atoms with E-state index in [0.29, 0.717) is 0 Å². The van der Waals surface area contributed by atoms with E-state index in [-0.39, 0.29) is 23.6 Å². The first-order valence-electron chi connectivity index (χ1n) is 7.74. The van der Waals surface area contributed by atoms with Gasteiger partial charge >= 0.3 is 11.9 Å². The molecule has 2 heterocycles. The van der Waals surface area contributed by atoms with Gasteiger partial charge in [0.15, 0.2) is 11.5 Å². The van der Waals surface area contributed by atoms with E-state index in [0.717, 1.165) is 10.7 Å². The number of hydrogen-bond acceptors (Lipinski definition) is 5. The lowest BCUT2D eigenvalue weighted by Gasteiger charge is -2.12. The molecule has 1 amide bonds. The zero-order valence-corrected chi connectivity index (χ0v) is 13.9. The van der Waals surface area contributed by atoms with E-state index in [1.807, 2.05) is 0 Å². The Morgan fingerprint density at radius 1 is 1.33 bits per heavy atom. The number of amides is 1. The van der Waals surface area contributed by atoms with Gasteiger partial charge in [-0.1, -0.05) is 23.4 Å². The normalized spacial score (nSPS) is 12.7. The van der Waals surface area contributed by atoms with Crippen LogP contribution in [0.5, 0.6) is 0 Å². The molecule has 0 spiro atoms. The van der Waals surface area contributed by atoms with Crippen LogP contribution in [-0.4, -0.2) is 36.1 Å². The van der Waals surface area contributed by atoms with E-state index in [4.69, 9.17) is 0 Å². The van der Waals surface area contributed by atoms with Gasteiger partial charge in [-0.25, -0.2) is 14.6 Å². The molecule has 0 saturated heterocycles.